The highest BCUT2D eigenvalue weighted by atomic mass is 35.5. The summed E-state index contributed by atoms with van der Waals surface area (Å²) in [6.45, 7) is 2.27. The molecule has 4 nitrogen and oxygen atoms in total. The Hall–Kier alpha value is -2.60. The van der Waals surface area contributed by atoms with E-state index in [1.165, 1.54) is 0 Å². The van der Waals surface area contributed by atoms with Crippen LogP contribution >= 0.6 is 34.5 Å². The van der Waals surface area contributed by atoms with Crippen molar-refractivity contribution in [2.24, 2.45) is 0 Å². The molecule has 0 fully saturated rings. The minimum atomic E-state index is -0.307. The number of nitrogens with zero attached hydrogens (tertiary/aromatic N) is 1. The fourth-order valence-corrected chi connectivity index (χ4v) is 4.46. The zero-order chi connectivity index (χ0) is 20.4. The van der Waals surface area contributed by atoms with E-state index in [2.05, 4.69) is 10.3 Å². The van der Waals surface area contributed by atoms with Gasteiger partial charge in [0, 0.05) is 16.8 Å². The van der Waals surface area contributed by atoms with Crippen molar-refractivity contribution < 1.29 is 9.53 Å². The van der Waals surface area contributed by atoms with Crippen molar-refractivity contribution in [3.63, 3.8) is 0 Å². The number of benzene rings is 3. The van der Waals surface area contributed by atoms with Crippen LogP contribution in [0.25, 0.3) is 20.8 Å². The quantitative estimate of drug-likeness (QED) is 0.364. The maximum absolute atomic E-state index is 12.7. The summed E-state index contributed by atoms with van der Waals surface area (Å²) in [4.78, 5) is 17.4. The Morgan fingerprint density at radius 1 is 1.07 bits per heavy atom. The lowest BCUT2D eigenvalue weighted by Gasteiger charge is -2.11. The lowest BCUT2D eigenvalue weighted by atomic mass is 10.1. The van der Waals surface area contributed by atoms with Gasteiger partial charge < -0.3 is 10.1 Å². The van der Waals surface area contributed by atoms with Crippen LogP contribution in [0.1, 0.15) is 17.3 Å². The number of anilines is 1. The van der Waals surface area contributed by atoms with Gasteiger partial charge in [0.15, 0.2) is 5.75 Å². The number of hydrogen-bond acceptors (Lipinski definition) is 4. The number of para-hydroxylation sites is 1. The lowest BCUT2D eigenvalue weighted by molar-refractivity contribution is 0.102. The Balaban J connectivity index is 1.58. The van der Waals surface area contributed by atoms with Crippen LogP contribution in [0.4, 0.5) is 5.69 Å². The molecule has 29 heavy (non-hydrogen) atoms. The molecule has 3 aromatic carbocycles. The second-order valence-electron chi connectivity index (χ2n) is 6.22. The van der Waals surface area contributed by atoms with E-state index >= 15 is 0 Å². The van der Waals surface area contributed by atoms with Gasteiger partial charge in [0.25, 0.3) is 5.91 Å². The first-order chi connectivity index (χ1) is 14.0. The highest BCUT2D eigenvalue weighted by molar-refractivity contribution is 7.21. The molecule has 1 aromatic heterocycles. The van der Waals surface area contributed by atoms with E-state index in [-0.39, 0.29) is 5.91 Å². The highest BCUT2D eigenvalue weighted by Crippen LogP contribution is 2.35. The molecule has 0 aliphatic carbocycles. The Morgan fingerprint density at radius 3 is 2.55 bits per heavy atom. The minimum absolute atomic E-state index is 0.299. The Kier molecular flexibility index (Phi) is 5.72. The molecule has 1 amide bonds. The Bertz CT molecular complexity index is 1150. The molecule has 0 aliphatic rings. The lowest BCUT2D eigenvalue weighted by Crippen LogP contribution is -2.12. The summed E-state index contributed by atoms with van der Waals surface area (Å²) in [6.07, 6.45) is 0. The molecule has 0 radical (unpaired) electrons. The molecule has 7 heteroatoms. The average molecular weight is 443 g/mol. The summed E-state index contributed by atoms with van der Waals surface area (Å²) in [5.41, 5.74) is 2.91. The topological polar surface area (TPSA) is 51.2 Å². The Labute approximate surface area is 182 Å². The molecule has 1 N–H and O–H groups in total. The third kappa shape index (κ3) is 4.22. The zero-order valence-electron chi connectivity index (χ0n) is 15.4. The minimum Gasteiger partial charge on any atom is -0.491 e. The molecule has 0 saturated heterocycles. The fourth-order valence-electron chi connectivity index (χ4n) is 2.90. The normalized spacial score (nSPS) is 10.9. The van der Waals surface area contributed by atoms with E-state index in [1.807, 2.05) is 55.5 Å². The average Bonchev–Trinajstić information content (AvgIpc) is 3.15. The summed E-state index contributed by atoms with van der Waals surface area (Å²) in [6, 6.07) is 18.7. The predicted molar refractivity (Wildman–Crippen MR) is 121 cm³/mol. The predicted octanol–water partition coefficient (Wildman–Crippen LogP) is 6.92. The van der Waals surface area contributed by atoms with E-state index in [9.17, 15) is 4.79 Å². The number of ether oxygens (including phenoxy) is 1. The maximum Gasteiger partial charge on any atom is 0.255 e. The SMILES string of the molecule is CCOc1c(Cl)cc(C(=O)Nc2cccc(-c3nc4ccccc4s3)c2)cc1Cl. The standard InChI is InChI=1S/C22H16Cl2N2O2S/c1-2-28-20-16(23)11-14(12-17(20)24)21(27)25-15-7-5-6-13(10-15)22-26-18-8-3-4-9-19(18)29-22/h3-12H,2H2,1H3,(H,25,27). The van der Waals surface area contributed by atoms with Gasteiger partial charge in [-0.1, -0.05) is 47.5 Å². The van der Waals surface area contributed by atoms with Crippen molar-refractivity contribution in [3.05, 3.63) is 76.3 Å². The number of hydrogen-bond donors (Lipinski definition) is 1. The van der Waals surface area contributed by atoms with Crippen molar-refractivity contribution in [1.29, 1.82) is 0 Å². The van der Waals surface area contributed by atoms with Crippen molar-refractivity contribution in [1.82, 2.24) is 4.98 Å². The van der Waals surface area contributed by atoms with Gasteiger partial charge in [-0.2, -0.15) is 0 Å². The first kappa shape index (κ1) is 19.7. The third-order valence-corrected chi connectivity index (χ3v) is 5.86. The first-order valence-corrected chi connectivity index (χ1v) is 10.5. The number of rotatable bonds is 5. The molecule has 1 heterocycles. The van der Waals surface area contributed by atoms with E-state index < -0.39 is 0 Å². The van der Waals surface area contributed by atoms with Crippen LogP contribution in [0.15, 0.2) is 60.7 Å². The molecule has 0 unspecified atom stereocenters. The van der Waals surface area contributed by atoms with Crippen LogP contribution in [0.5, 0.6) is 5.75 Å². The van der Waals surface area contributed by atoms with Crippen LogP contribution in [0.2, 0.25) is 10.0 Å². The molecule has 0 aliphatic heterocycles. The van der Waals surface area contributed by atoms with Gasteiger partial charge in [-0.15, -0.1) is 11.3 Å². The molecular weight excluding hydrogens is 427 g/mol. The summed E-state index contributed by atoms with van der Waals surface area (Å²) < 4.78 is 6.53. The van der Waals surface area contributed by atoms with Crippen molar-refractivity contribution in [2.75, 3.05) is 11.9 Å². The molecule has 4 aromatic rings. The molecule has 0 bridgehead atoms. The number of carbonyl (C=O) groups excluding carboxylic acids is 1. The van der Waals surface area contributed by atoms with Crippen molar-refractivity contribution >= 4 is 56.3 Å². The summed E-state index contributed by atoms with van der Waals surface area (Å²) >= 11 is 14.0. The number of fused-ring (bicyclic) bond motifs is 1. The van der Waals surface area contributed by atoms with Gasteiger partial charge in [0.2, 0.25) is 0 Å². The first-order valence-electron chi connectivity index (χ1n) is 8.94. The van der Waals surface area contributed by atoms with Crippen LogP contribution in [-0.4, -0.2) is 17.5 Å². The van der Waals surface area contributed by atoms with E-state index in [0.717, 1.165) is 20.8 Å². The number of halogens is 2. The van der Waals surface area contributed by atoms with Gasteiger partial charge in [-0.05, 0) is 43.3 Å². The zero-order valence-corrected chi connectivity index (χ0v) is 17.7. The van der Waals surface area contributed by atoms with Gasteiger partial charge in [-0.25, -0.2) is 4.98 Å². The number of aromatic nitrogens is 1. The van der Waals surface area contributed by atoms with Crippen LogP contribution in [0.3, 0.4) is 0 Å². The molecule has 4 rings (SSSR count). The van der Waals surface area contributed by atoms with Crippen LogP contribution < -0.4 is 10.1 Å². The summed E-state index contributed by atoms with van der Waals surface area (Å²) in [7, 11) is 0. The van der Waals surface area contributed by atoms with Crippen molar-refractivity contribution in [2.45, 2.75) is 6.92 Å². The molecule has 0 saturated carbocycles. The van der Waals surface area contributed by atoms with E-state index in [0.29, 0.717) is 33.7 Å². The van der Waals surface area contributed by atoms with Gasteiger partial charge in [0.05, 0.1) is 26.9 Å². The van der Waals surface area contributed by atoms with E-state index in [4.69, 9.17) is 27.9 Å². The van der Waals surface area contributed by atoms with E-state index in [1.54, 1.807) is 23.5 Å². The fraction of sp³-hybridized carbons (Fsp3) is 0.0909. The van der Waals surface area contributed by atoms with Gasteiger partial charge in [0.1, 0.15) is 5.01 Å². The number of carbonyl (C=O) groups is 1. The monoisotopic (exact) mass is 442 g/mol. The van der Waals surface area contributed by atoms with Gasteiger partial charge >= 0.3 is 0 Å². The number of thiazole rings is 1. The third-order valence-electron chi connectivity index (χ3n) is 4.21. The number of nitrogens with one attached hydrogen (secondary N) is 1. The summed E-state index contributed by atoms with van der Waals surface area (Å²) in [5.74, 6) is 0.0727. The molecular formula is C22H16Cl2N2O2S. The molecule has 0 spiro atoms. The number of amides is 1. The maximum atomic E-state index is 12.7. The van der Waals surface area contributed by atoms with Crippen LogP contribution in [-0.2, 0) is 0 Å². The van der Waals surface area contributed by atoms with Gasteiger partial charge in [-0.3, -0.25) is 4.79 Å². The second kappa shape index (κ2) is 8.41. The smallest absolute Gasteiger partial charge is 0.255 e. The second-order valence-corrected chi connectivity index (χ2v) is 8.07. The van der Waals surface area contributed by atoms with Crippen LogP contribution in [0, 0.1) is 0 Å². The Morgan fingerprint density at radius 2 is 1.83 bits per heavy atom. The molecule has 0 atom stereocenters. The van der Waals surface area contributed by atoms with Crippen molar-refractivity contribution in [3.8, 4) is 16.3 Å². The summed E-state index contributed by atoms with van der Waals surface area (Å²) in [5, 5.41) is 4.38. The molecule has 146 valence electrons. The highest BCUT2D eigenvalue weighted by Gasteiger charge is 2.15. The largest absolute Gasteiger partial charge is 0.491 e.